The smallest absolute Gasteiger partial charge is 0.249 e. The summed E-state index contributed by atoms with van der Waals surface area (Å²) >= 11 is 1.19. The Morgan fingerprint density at radius 2 is 2.15 bits per heavy atom. The summed E-state index contributed by atoms with van der Waals surface area (Å²) < 4.78 is 24.9. The lowest BCUT2D eigenvalue weighted by molar-refractivity contribution is 0.590. The first-order valence-corrected chi connectivity index (χ1v) is 5.62. The standard InChI is InChI=1S/C6H10N2O2S2.ClH/c1-8-12(9,10)6-3-2-5(4-7)11-6;/h2-3,8H,4,7H2,1H3;1H. The average molecular weight is 243 g/mol. The van der Waals surface area contributed by atoms with Gasteiger partial charge in [-0.3, -0.25) is 0 Å². The summed E-state index contributed by atoms with van der Waals surface area (Å²) in [6, 6.07) is 3.27. The third-order valence-corrected chi connectivity index (χ3v) is 4.39. The number of nitrogens with two attached hydrogens (primary N) is 1. The lowest BCUT2D eigenvalue weighted by Gasteiger charge is -1.95. The van der Waals surface area contributed by atoms with E-state index >= 15 is 0 Å². The highest BCUT2D eigenvalue weighted by Crippen LogP contribution is 2.20. The molecule has 0 aromatic carbocycles. The molecule has 0 atom stereocenters. The normalized spacial score (nSPS) is 10.9. The maximum atomic E-state index is 11.2. The predicted molar refractivity (Wildman–Crippen MR) is 55.7 cm³/mol. The third-order valence-electron chi connectivity index (χ3n) is 1.37. The lowest BCUT2D eigenvalue weighted by atomic mass is 10.5. The lowest BCUT2D eigenvalue weighted by Crippen LogP contribution is -2.17. The number of sulfonamides is 1. The molecule has 4 nitrogen and oxygen atoms in total. The van der Waals surface area contributed by atoms with Crippen molar-refractivity contribution in [3.63, 3.8) is 0 Å². The highest BCUT2D eigenvalue weighted by atomic mass is 35.5. The van der Waals surface area contributed by atoms with Crippen molar-refractivity contribution in [2.24, 2.45) is 5.73 Å². The van der Waals surface area contributed by atoms with Crippen molar-refractivity contribution < 1.29 is 8.42 Å². The molecular formula is C6H11ClN2O2S2. The molecule has 0 bridgehead atoms. The first kappa shape index (κ1) is 12.9. The van der Waals surface area contributed by atoms with E-state index in [2.05, 4.69) is 4.72 Å². The maximum absolute atomic E-state index is 11.2. The van der Waals surface area contributed by atoms with Crippen molar-refractivity contribution >= 4 is 33.8 Å². The van der Waals surface area contributed by atoms with Crippen LogP contribution in [0.2, 0.25) is 0 Å². The molecule has 0 saturated carbocycles. The van der Waals surface area contributed by atoms with Crippen molar-refractivity contribution in [1.29, 1.82) is 0 Å². The number of nitrogens with one attached hydrogen (secondary N) is 1. The van der Waals surface area contributed by atoms with E-state index in [1.165, 1.54) is 18.4 Å². The Balaban J connectivity index is 0.00000144. The van der Waals surface area contributed by atoms with Gasteiger partial charge in [-0.1, -0.05) is 0 Å². The molecule has 7 heteroatoms. The van der Waals surface area contributed by atoms with Crippen molar-refractivity contribution in [3.8, 4) is 0 Å². The molecule has 0 aliphatic heterocycles. The van der Waals surface area contributed by atoms with Gasteiger partial charge in [-0.2, -0.15) is 0 Å². The van der Waals surface area contributed by atoms with Crippen LogP contribution >= 0.6 is 23.7 Å². The van der Waals surface area contributed by atoms with Gasteiger partial charge in [-0.05, 0) is 19.2 Å². The Morgan fingerprint density at radius 3 is 2.54 bits per heavy atom. The molecule has 1 heterocycles. The van der Waals surface area contributed by atoms with E-state index in [0.717, 1.165) is 4.88 Å². The van der Waals surface area contributed by atoms with Gasteiger partial charge in [-0.25, -0.2) is 13.1 Å². The van der Waals surface area contributed by atoms with Crippen LogP contribution in [0.1, 0.15) is 4.88 Å². The molecule has 0 unspecified atom stereocenters. The first-order chi connectivity index (χ1) is 5.60. The Hall–Kier alpha value is -0.140. The molecule has 0 amide bonds. The summed E-state index contributed by atoms with van der Waals surface area (Å²) in [5.74, 6) is 0. The quantitative estimate of drug-likeness (QED) is 0.813. The molecular weight excluding hydrogens is 232 g/mol. The van der Waals surface area contributed by atoms with Crippen LogP contribution in [-0.2, 0) is 16.6 Å². The van der Waals surface area contributed by atoms with Crippen molar-refractivity contribution in [2.45, 2.75) is 10.8 Å². The highest BCUT2D eigenvalue weighted by molar-refractivity contribution is 7.91. The summed E-state index contributed by atoms with van der Waals surface area (Å²) in [6.45, 7) is 0.379. The Bertz CT molecular complexity index is 360. The monoisotopic (exact) mass is 242 g/mol. The first-order valence-electron chi connectivity index (χ1n) is 3.32. The molecule has 76 valence electrons. The topological polar surface area (TPSA) is 72.2 Å². The van der Waals surface area contributed by atoms with E-state index in [0.29, 0.717) is 10.8 Å². The van der Waals surface area contributed by atoms with Gasteiger partial charge in [0.25, 0.3) is 0 Å². The Kier molecular flexibility index (Phi) is 4.87. The Labute approximate surface area is 87.6 Å². The summed E-state index contributed by atoms with van der Waals surface area (Å²) in [7, 11) is -1.89. The SMILES string of the molecule is CNS(=O)(=O)c1ccc(CN)s1.Cl. The average Bonchev–Trinajstić information content (AvgIpc) is 2.52. The van der Waals surface area contributed by atoms with Crippen LogP contribution in [0.3, 0.4) is 0 Å². The van der Waals surface area contributed by atoms with Crippen molar-refractivity contribution in [2.75, 3.05) is 7.05 Å². The van der Waals surface area contributed by atoms with Crippen LogP contribution in [-0.4, -0.2) is 15.5 Å². The van der Waals surface area contributed by atoms with Crippen LogP contribution in [0.4, 0.5) is 0 Å². The van der Waals surface area contributed by atoms with Gasteiger partial charge < -0.3 is 5.73 Å². The Morgan fingerprint density at radius 1 is 1.54 bits per heavy atom. The van der Waals surface area contributed by atoms with E-state index in [4.69, 9.17) is 5.73 Å². The van der Waals surface area contributed by atoms with Crippen LogP contribution < -0.4 is 10.5 Å². The molecule has 1 aromatic heterocycles. The molecule has 0 saturated heterocycles. The second-order valence-corrected chi connectivity index (χ2v) is 5.41. The van der Waals surface area contributed by atoms with Crippen molar-refractivity contribution in [1.82, 2.24) is 4.72 Å². The van der Waals surface area contributed by atoms with Crippen molar-refractivity contribution in [3.05, 3.63) is 17.0 Å². The van der Waals surface area contributed by atoms with Gasteiger partial charge in [0.2, 0.25) is 10.0 Å². The zero-order valence-electron chi connectivity index (χ0n) is 6.98. The zero-order valence-corrected chi connectivity index (χ0v) is 9.43. The van der Waals surface area contributed by atoms with E-state index < -0.39 is 10.0 Å². The number of thiophene rings is 1. The fourth-order valence-electron chi connectivity index (χ4n) is 0.713. The largest absolute Gasteiger partial charge is 0.326 e. The van der Waals surface area contributed by atoms with Crippen LogP contribution in [0, 0.1) is 0 Å². The van der Waals surface area contributed by atoms with Gasteiger partial charge in [0.15, 0.2) is 0 Å². The van der Waals surface area contributed by atoms with E-state index in [-0.39, 0.29) is 12.4 Å². The molecule has 0 spiro atoms. The number of hydrogen-bond acceptors (Lipinski definition) is 4. The van der Waals surface area contributed by atoms with Gasteiger partial charge in [-0.15, -0.1) is 23.7 Å². The number of hydrogen-bond donors (Lipinski definition) is 2. The maximum Gasteiger partial charge on any atom is 0.249 e. The van der Waals surface area contributed by atoms with E-state index in [1.54, 1.807) is 12.1 Å². The zero-order chi connectivity index (χ0) is 9.19. The van der Waals surface area contributed by atoms with Crippen LogP contribution in [0.5, 0.6) is 0 Å². The molecule has 0 aliphatic carbocycles. The molecule has 3 N–H and O–H groups in total. The third kappa shape index (κ3) is 2.92. The van der Waals surface area contributed by atoms with Gasteiger partial charge in [0.1, 0.15) is 4.21 Å². The molecule has 1 rings (SSSR count). The summed E-state index contributed by atoms with van der Waals surface area (Å²) in [6.07, 6.45) is 0. The minimum atomic E-state index is -3.27. The van der Waals surface area contributed by atoms with E-state index in [1.807, 2.05) is 0 Å². The number of halogens is 1. The van der Waals surface area contributed by atoms with Crippen LogP contribution in [0.25, 0.3) is 0 Å². The molecule has 13 heavy (non-hydrogen) atoms. The molecule has 0 fully saturated rings. The second-order valence-electron chi connectivity index (χ2n) is 2.13. The van der Waals surface area contributed by atoms with Gasteiger partial charge >= 0.3 is 0 Å². The van der Waals surface area contributed by atoms with Crippen LogP contribution in [0.15, 0.2) is 16.3 Å². The second kappa shape index (κ2) is 4.92. The fourth-order valence-corrected chi connectivity index (χ4v) is 2.79. The molecule has 0 aliphatic rings. The minimum absolute atomic E-state index is 0. The van der Waals surface area contributed by atoms with Gasteiger partial charge in [0.05, 0.1) is 0 Å². The number of rotatable bonds is 3. The molecule has 1 aromatic rings. The minimum Gasteiger partial charge on any atom is -0.326 e. The van der Waals surface area contributed by atoms with Gasteiger partial charge in [0, 0.05) is 11.4 Å². The summed E-state index contributed by atoms with van der Waals surface area (Å²) in [5.41, 5.74) is 5.34. The summed E-state index contributed by atoms with van der Waals surface area (Å²) in [4.78, 5) is 0.865. The summed E-state index contributed by atoms with van der Waals surface area (Å²) in [5, 5.41) is 0. The fraction of sp³-hybridized carbons (Fsp3) is 0.333. The highest BCUT2D eigenvalue weighted by Gasteiger charge is 2.13. The predicted octanol–water partition coefficient (Wildman–Crippen LogP) is 0.537. The van der Waals surface area contributed by atoms with E-state index in [9.17, 15) is 8.42 Å². The molecule has 0 radical (unpaired) electrons.